The molecule has 0 saturated carbocycles. The number of aromatic nitrogens is 2. The van der Waals surface area contributed by atoms with E-state index in [1.807, 2.05) is 24.5 Å². The van der Waals surface area contributed by atoms with Crippen molar-refractivity contribution in [2.75, 3.05) is 7.05 Å². The molecule has 3 rings (SSSR count). The van der Waals surface area contributed by atoms with Crippen molar-refractivity contribution in [2.45, 2.75) is 19.5 Å². The van der Waals surface area contributed by atoms with Crippen molar-refractivity contribution in [3.05, 3.63) is 66.1 Å². The summed E-state index contributed by atoms with van der Waals surface area (Å²) in [6.45, 7) is 2.98. The van der Waals surface area contributed by atoms with Crippen molar-refractivity contribution < 1.29 is 5.11 Å². The van der Waals surface area contributed by atoms with Crippen LogP contribution < -0.4 is 0 Å². The summed E-state index contributed by atoms with van der Waals surface area (Å²) in [4.78, 5) is 10.9. The molecule has 0 bridgehead atoms. The molecule has 2 heterocycles. The second-order valence-electron chi connectivity index (χ2n) is 5.60. The van der Waals surface area contributed by atoms with Crippen molar-refractivity contribution in [2.24, 2.45) is 0 Å². The Morgan fingerprint density at radius 3 is 2.82 bits per heavy atom. The van der Waals surface area contributed by atoms with Gasteiger partial charge in [-0.15, -0.1) is 0 Å². The fourth-order valence-corrected chi connectivity index (χ4v) is 2.54. The molecule has 1 aromatic carbocycles. The first-order valence-corrected chi connectivity index (χ1v) is 7.31. The molecule has 4 nitrogen and oxygen atoms in total. The number of hydrogen-bond donors (Lipinski definition) is 1. The highest BCUT2D eigenvalue weighted by Crippen LogP contribution is 2.22. The lowest BCUT2D eigenvalue weighted by Crippen LogP contribution is -2.22. The predicted octanol–water partition coefficient (Wildman–Crippen LogP) is 3.53. The lowest BCUT2D eigenvalue weighted by Gasteiger charge is -2.24. The van der Waals surface area contributed by atoms with Crippen LogP contribution in [0.2, 0.25) is 0 Å². The van der Waals surface area contributed by atoms with Gasteiger partial charge in [0, 0.05) is 42.6 Å². The van der Waals surface area contributed by atoms with Gasteiger partial charge < -0.3 is 5.11 Å². The maximum atomic E-state index is 9.49. The first kappa shape index (κ1) is 14.5. The van der Waals surface area contributed by atoms with Crippen LogP contribution in [0.1, 0.15) is 24.1 Å². The van der Waals surface area contributed by atoms with E-state index in [9.17, 15) is 5.11 Å². The minimum absolute atomic E-state index is 0.245. The van der Waals surface area contributed by atoms with Crippen LogP contribution in [0.5, 0.6) is 5.75 Å². The van der Waals surface area contributed by atoms with Crippen LogP contribution in [0.3, 0.4) is 0 Å². The molecular formula is C18H19N3O. The molecule has 0 spiro atoms. The third-order valence-electron chi connectivity index (χ3n) is 3.98. The number of benzene rings is 1. The number of pyridine rings is 2. The van der Waals surface area contributed by atoms with Crippen LogP contribution in [-0.4, -0.2) is 27.0 Å². The third kappa shape index (κ3) is 3.07. The number of nitrogens with zero attached hydrogens (tertiary/aromatic N) is 3. The van der Waals surface area contributed by atoms with E-state index in [-0.39, 0.29) is 11.8 Å². The van der Waals surface area contributed by atoms with Gasteiger partial charge >= 0.3 is 0 Å². The molecule has 0 aliphatic carbocycles. The summed E-state index contributed by atoms with van der Waals surface area (Å²) in [5, 5.41) is 10.5. The minimum Gasteiger partial charge on any atom is -0.508 e. The SMILES string of the molecule is CC(c1cccnc1)N(C)Cc1cnc2cc(O)ccc2c1. The average molecular weight is 293 g/mol. The van der Waals surface area contributed by atoms with E-state index < -0.39 is 0 Å². The Morgan fingerprint density at radius 1 is 1.18 bits per heavy atom. The second kappa shape index (κ2) is 6.12. The van der Waals surface area contributed by atoms with Crippen molar-refractivity contribution in [1.82, 2.24) is 14.9 Å². The van der Waals surface area contributed by atoms with Crippen molar-refractivity contribution in [3.8, 4) is 5.75 Å². The molecule has 0 amide bonds. The normalized spacial score (nSPS) is 12.7. The molecule has 0 aliphatic heterocycles. The van der Waals surface area contributed by atoms with Gasteiger partial charge in [0.2, 0.25) is 0 Å². The van der Waals surface area contributed by atoms with Gasteiger partial charge in [0.15, 0.2) is 0 Å². The van der Waals surface area contributed by atoms with Crippen LogP contribution >= 0.6 is 0 Å². The number of aromatic hydroxyl groups is 1. The van der Waals surface area contributed by atoms with E-state index in [0.29, 0.717) is 0 Å². The molecule has 0 radical (unpaired) electrons. The first-order valence-electron chi connectivity index (χ1n) is 7.31. The van der Waals surface area contributed by atoms with E-state index in [2.05, 4.69) is 41.0 Å². The molecule has 0 saturated heterocycles. The van der Waals surface area contributed by atoms with Gasteiger partial charge in [-0.1, -0.05) is 6.07 Å². The summed E-state index contributed by atoms with van der Waals surface area (Å²) >= 11 is 0. The van der Waals surface area contributed by atoms with E-state index >= 15 is 0 Å². The maximum Gasteiger partial charge on any atom is 0.117 e. The summed E-state index contributed by atoms with van der Waals surface area (Å²) < 4.78 is 0. The lowest BCUT2D eigenvalue weighted by atomic mass is 10.1. The number of phenols is 1. The van der Waals surface area contributed by atoms with Crippen LogP contribution in [0.4, 0.5) is 0 Å². The van der Waals surface area contributed by atoms with Gasteiger partial charge in [0.05, 0.1) is 5.52 Å². The monoisotopic (exact) mass is 293 g/mol. The number of rotatable bonds is 4. The van der Waals surface area contributed by atoms with E-state index in [1.165, 1.54) is 5.56 Å². The van der Waals surface area contributed by atoms with E-state index in [0.717, 1.165) is 23.0 Å². The zero-order valence-electron chi connectivity index (χ0n) is 12.8. The summed E-state index contributed by atoms with van der Waals surface area (Å²) in [5.74, 6) is 0.245. The van der Waals surface area contributed by atoms with E-state index in [4.69, 9.17) is 0 Å². The molecule has 4 heteroatoms. The largest absolute Gasteiger partial charge is 0.508 e. The molecule has 1 N–H and O–H groups in total. The van der Waals surface area contributed by atoms with Gasteiger partial charge in [-0.25, -0.2) is 0 Å². The molecule has 2 aromatic heterocycles. The van der Waals surface area contributed by atoms with Gasteiger partial charge in [-0.05, 0) is 49.4 Å². The molecule has 0 fully saturated rings. The molecule has 1 atom stereocenters. The number of phenolic OH excluding ortho intramolecular Hbond substituents is 1. The lowest BCUT2D eigenvalue weighted by molar-refractivity contribution is 0.252. The van der Waals surface area contributed by atoms with Gasteiger partial charge in [-0.3, -0.25) is 14.9 Å². The Morgan fingerprint density at radius 2 is 2.05 bits per heavy atom. The highest BCUT2D eigenvalue weighted by molar-refractivity contribution is 5.80. The van der Waals surface area contributed by atoms with Gasteiger partial charge in [-0.2, -0.15) is 0 Å². The molecular weight excluding hydrogens is 274 g/mol. The zero-order chi connectivity index (χ0) is 15.5. The highest BCUT2D eigenvalue weighted by Gasteiger charge is 2.12. The molecule has 3 aromatic rings. The Bertz CT molecular complexity index is 774. The van der Waals surface area contributed by atoms with Gasteiger partial charge in [0.1, 0.15) is 5.75 Å². The molecule has 1 unspecified atom stereocenters. The van der Waals surface area contributed by atoms with Crippen molar-refractivity contribution >= 4 is 10.9 Å². The van der Waals surface area contributed by atoms with Crippen molar-refractivity contribution in [1.29, 1.82) is 0 Å². The summed E-state index contributed by atoms with van der Waals surface area (Å²) in [6, 6.07) is 11.7. The smallest absolute Gasteiger partial charge is 0.117 e. The predicted molar refractivity (Wildman–Crippen MR) is 87.5 cm³/mol. The average Bonchev–Trinajstić information content (AvgIpc) is 2.55. The Kier molecular flexibility index (Phi) is 4.02. The van der Waals surface area contributed by atoms with Gasteiger partial charge in [0.25, 0.3) is 0 Å². The summed E-state index contributed by atoms with van der Waals surface area (Å²) in [7, 11) is 2.10. The quantitative estimate of drug-likeness (QED) is 0.799. The highest BCUT2D eigenvalue weighted by atomic mass is 16.3. The van der Waals surface area contributed by atoms with Crippen LogP contribution in [-0.2, 0) is 6.54 Å². The van der Waals surface area contributed by atoms with E-state index in [1.54, 1.807) is 18.3 Å². The second-order valence-corrected chi connectivity index (χ2v) is 5.60. The first-order chi connectivity index (χ1) is 10.6. The van der Waals surface area contributed by atoms with Crippen LogP contribution in [0, 0.1) is 0 Å². The molecule has 22 heavy (non-hydrogen) atoms. The Labute approximate surface area is 130 Å². The molecule has 112 valence electrons. The summed E-state index contributed by atoms with van der Waals surface area (Å²) in [6.07, 6.45) is 5.57. The van der Waals surface area contributed by atoms with Crippen LogP contribution in [0.25, 0.3) is 10.9 Å². The van der Waals surface area contributed by atoms with Crippen LogP contribution in [0.15, 0.2) is 55.0 Å². The number of fused-ring (bicyclic) bond motifs is 1. The Balaban J connectivity index is 1.79. The third-order valence-corrected chi connectivity index (χ3v) is 3.98. The fourth-order valence-electron chi connectivity index (χ4n) is 2.54. The Hall–Kier alpha value is -2.46. The topological polar surface area (TPSA) is 49.2 Å². The standard InChI is InChI=1S/C18H19N3O/c1-13(16-4-3-7-19-11-16)21(2)12-14-8-15-5-6-17(22)9-18(15)20-10-14/h3-11,13,22H,12H2,1-2H3. The molecule has 0 aliphatic rings. The zero-order valence-corrected chi connectivity index (χ0v) is 12.8. The van der Waals surface area contributed by atoms with Crippen molar-refractivity contribution in [3.63, 3.8) is 0 Å². The minimum atomic E-state index is 0.245. The summed E-state index contributed by atoms with van der Waals surface area (Å²) in [5.41, 5.74) is 3.16. The number of hydrogen-bond acceptors (Lipinski definition) is 4. The maximum absolute atomic E-state index is 9.49. The fraction of sp³-hybridized carbons (Fsp3) is 0.222.